The Labute approximate surface area is 148 Å². The van der Waals surface area contributed by atoms with Gasteiger partial charge in [0.25, 0.3) is 0 Å². The highest BCUT2D eigenvalue weighted by molar-refractivity contribution is 5.85. The average molecular weight is 339 g/mol. The number of ether oxygens (including phenoxy) is 1. The number of amides is 1. The molecule has 1 aliphatic heterocycles. The zero-order chi connectivity index (χ0) is 17.2. The number of hydrogen-bond donors (Lipinski definition) is 1. The zero-order valence-corrected chi connectivity index (χ0v) is 14.4. The van der Waals surface area contributed by atoms with Crippen LogP contribution in [0.25, 0.3) is 10.8 Å². The van der Waals surface area contributed by atoms with Crippen molar-refractivity contribution in [3.8, 4) is 0 Å². The van der Waals surface area contributed by atoms with Crippen molar-refractivity contribution in [2.75, 3.05) is 19.8 Å². The first-order chi connectivity index (χ1) is 12.2. The Morgan fingerprint density at radius 3 is 2.80 bits per heavy atom. The molecular weight excluding hydrogens is 314 g/mol. The van der Waals surface area contributed by atoms with Crippen molar-refractivity contribution >= 4 is 16.7 Å². The van der Waals surface area contributed by atoms with E-state index in [1.807, 2.05) is 23.1 Å². The van der Waals surface area contributed by atoms with Crippen molar-refractivity contribution in [1.29, 1.82) is 0 Å². The highest BCUT2D eigenvalue weighted by Crippen LogP contribution is 2.32. The number of rotatable bonds is 3. The number of aliphatic hydroxyl groups excluding tert-OH is 1. The first-order valence-electron chi connectivity index (χ1n) is 9.25. The molecule has 2 aromatic carbocycles. The summed E-state index contributed by atoms with van der Waals surface area (Å²) in [7, 11) is 0. The standard InChI is InChI=1S/C21H25NO3/c23-20-7-3-6-18(20)19-14-25-11-10-22(19)21(24)13-15-8-9-16-4-1-2-5-17(16)12-15/h1-2,4-5,8-9,12,18-20,23H,3,6-7,10-11,13-14H2/t18-,19-,20+/m1/s1. The highest BCUT2D eigenvalue weighted by atomic mass is 16.5. The molecule has 3 atom stereocenters. The van der Waals surface area contributed by atoms with Gasteiger partial charge in [-0.15, -0.1) is 0 Å². The molecule has 0 unspecified atom stereocenters. The van der Waals surface area contributed by atoms with Gasteiger partial charge in [-0.2, -0.15) is 0 Å². The Morgan fingerprint density at radius 2 is 2.00 bits per heavy atom. The van der Waals surface area contributed by atoms with Gasteiger partial charge in [0, 0.05) is 12.5 Å². The largest absolute Gasteiger partial charge is 0.393 e. The molecule has 25 heavy (non-hydrogen) atoms. The Bertz CT molecular complexity index is 760. The number of hydrogen-bond acceptors (Lipinski definition) is 3. The summed E-state index contributed by atoms with van der Waals surface area (Å²) in [6.45, 7) is 1.76. The van der Waals surface area contributed by atoms with Gasteiger partial charge in [-0.05, 0) is 29.2 Å². The molecule has 1 amide bonds. The van der Waals surface area contributed by atoms with Crippen LogP contribution in [0.5, 0.6) is 0 Å². The fourth-order valence-corrected chi connectivity index (χ4v) is 4.33. The number of carbonyl (C=O) groups excluding carboxylic acids is 1. The molecule has 4 nitrogen and oxygen atoms in total. The van der Waals surface area contributed by atoms with E-state index in [-0.39, 0.29) is 24.0 Å². The predicted molar refractivity (Wildman–Crippen MR) is 97.3 cm³/mol. The van der Waals surface area contributed by atoms with Crippen molar-refractivity contribution in [3.05, 3.63) is 48.0 Å². The zero-order valence-electron chi connectivity index (χ0n) is 14.4. The molecule has 0 radical (unpaired) electrons. The van der Waals surface area contributed by atoms with Gasteiger partial charge in [-0.3, -0.25) is 4.79 Å². The number of carbonyl (C=O) groups is 1. The van der Waals surface area contributed by atoms with Gasteiger partial charge < -0.3 is 14.7 Å². The van der Waals surface area contributed by atoms with Crippen LogP contribution in [-0.4, -0.2) is 47.8 Å². The summed E-state index contributed by atoms with van der Waals surface area (Å²) in [5, 5.41) is 12.6. The van der Waals surface area contributed by atoms with Gasteiger partial charge in [0.1, 0.15) is 0 Å². The van der Waals surface area contributed by atoms with E-state index in [1.54, 1.807) is 0 Å². The van der Waals surface area contributed by atoms with Crippen LogP contribution in [0.4, 0.5) is 0 Å². The maximum absolute atomic E-state index is 13.0. The van der Waals surface area contributed by atoms with Gasteiger partial charge >= 0.3 is 0 Å². The van der Waals surface area contributed by atoms with E-state index in [0.717, 1.165) is 30.2 Å². The molecule has 4 heteroatoms. The van der Waals surface area contributed by atoms with E-state index >= 15 is 0 Å². The average Bonchev–Trinajstić information content (AvgIpc) is 3.07. The number of morpholine rings is 1. The molecule has 2 aromatic rings. The number of benzene rings is 2. The third-order valence-electron chi connectivity index (χ3n) is 5.68. The van der Waals surface area contributed by atoms with E-state index in [9.17, 15) is 9.90 Å². The number of fused-ring (bicyclic) bond motifs is 1. The van der Waals surface area contributed by atoms with Gasteiger partial charge in [0.2, 0.25) is 5.91 Å². The monoisotopic (exact) mass is 339 g/mol. The van der Waals surface area contributed by atoms with E-state index in [0.29, 0.717) is 26.2 Å². The number of nitrogens with zero attached hydrogens (tertiary/aromatic N) is 1. The molecular formula is C21H25NO3. The Balaban J connectivity index is 1.51. The molecule has 0 aromatic heterocycles. The smallest absolute Gasteiger partial charge is 0.227 e. The topological polar surface area (TPSA) is 49.8 Å². The maximum Gasteiger partial charge on any atom is 0.227 e. The second-order valence-corrected chi connectivity index (χ2v) is 7.25. The number of aliphatic hydroxyl groups is 1. The summed E-state index contributed by atoms with van der Waals surface area (Å²) in [6.07, 6.45) is 2.96. The van der Waals surface area contributed by atoms with Gasteiger partial charge in [-0.25, -0.2) is 0 Å². The molecule has 1 saturated heterocycles. The van der Waals surface area contributed by atoms with Crippen LogP contribution in [0.2, 0.25) is 0 Å². The van der Waals surface area contributed by atoms with Crippen LogP contribution in [-0.2, 0) is 16.0 Å². The lowest BCUT2D eigenvalue weighted by Gasteiger charge is -2.40. The summed E-state index contributed by atoms with van der Waals surface area (Å²) in [6, 6.07) is 14.4. The van der Waals surface area contributed by atoms with E-state index in [1.165, 1.54) is 5.39 Å². The van der Waals surface area contributed by atoms with Crippen molar-refractivity contribution < 1.29 is 14.6 Å². The second-order valence-electron chi connectivity index (χ2n) is 7.25. The van der Waals surface area contributed by atoms with Gasteiger partial charge in [-0.1, -0.05) is 48.9 Å². The summed E-state index contributed by atoms with van der Waals surface area (Å²) in [4.78, 5) is 14.9. The third-order valence-corrected chi connectivity index (χ3v) is 5.68. The van der Waals surface area contributed by atoms with Crippen molar-refractivity contribution in [1.82, 2.24) is 4.90 Å². The lowest BCUT2D eigenvalue weighted by Crippen LogP contribution is -2.54. The molecule has 1 saturated carbocycles. The minimum atomic E-state index is -0.303. The lowest BCUT2D eigenvalue weighted by atomic mass is 9.93. The van der Waals surface area contributed by atoms with Crippen LogP contribution in [0, 0.1) is 5.92 Å². The van der Waals surface area contributed by atoms with E-state index in [4.69, 9.17) is 4.74 Å². The quantitative estimate of drug-likeness (QED) is 0.935. The van der Waals surface area contributed by atoms with Gasteiger partial charge in [0.05, 0.1) is 31.8 Å². The van der Waals surface area contributed by atoms with Crippen LogP contribution in [0.15, 0.2) is 42.5 Å². The van der Waals surface area contributed by atoms with Crippen molar-refractivity contribution in [2.45, 2.75) is 37.8 Å². The molecule has 0 bridgehead atoms. The second kappa shape index (κ2) is 7.14. The van der Waals surface area contributed by atoms with Crippen molar-refractivity contribution in [2.24, 2.45) is 5.92 Å². The van der Waals surface area contributed by atoms with Crippen LogP contribution < -0.4 is 0 Å². The first kappa shape index (κ1) is 16.6. The molecule has 2 aliphatic rings. The minimum absolute atomic E-state index is 0.0132. The Kier molecular flexibility index (Phi) is 4.73. The summed E-state index contributed by atoms with van der Waals surface area (Å²) < 4.78 is 5.63. The van der Waals surface area contributed by atoms with Gasteiger partial charge in [0.15, 0.2) is 0 Å². The molecule has 132 valence electrons. The van der Waals surface area contributed by atoms with Crippen LogP contribution in [0.1, 0.15) is 24.8 Å². The van der Waals surface area contributed by atoms with E-state index in [2.05, 4.69) is 24.3 Å². The molecule has 0 spiro atoms. The Morgan fingerprint density at radius 1 is 1.16 bits per heavy atom. The molecule has 2 fully saturated rings. The summed E-state index contributed by atoms with van der Waals surface area (Å²) in [5.74, 6) is 0.295. The molecule has 4 rings (SSSR count). The van der Waals surface area contributed by atoms with Crippen LogP contribution >= 0.6 is 0 Å². The molecule has 1 heterocycles. The summed E-state index contributed by atoms with van der Waals surface area (Å²) in [5.41, 5.74) is 1.04. The fraction of sp³-hybridized carbons (Fsp3) is 0.476. The van der Waals surface area contributed by atoms with Crippen molar-refractivity contribution in [3.63, 3.8) is 0 Å². The molecule has 1 aliphatic carbocycles. The third kappa shape index (κ3) is 3.42. The van der Waals surface area contributed by atoms with Crippen LogP contribution in [0.3, 0.4) is 0 Å². The molecule has 1 N–H and O–H groups in total. The van der Waals surface area contributed by atoms with E-state index < -0.39 is 0 Å². The SMILES string of the molecule is O=C(Cc1ccc2ccccc2c1)N1CCOC[C@@H]1[C@H]1CCC[C@@H]1O. The highest BCUT2D eigenvalue weighted by Gasteiger charge is 2.39. The predicted octanol–water partition coefficient (Wildman–Crippen LogP) is 2.77. The first-order valence-corrected chi connectivity index (χ1v) is 9.25. The summed E-state index contributed by atoms with van der Waals surface area (Å²) >= 11 is 0. The fourth-order valence-electron chi connectivity index (χ4n) is 4.33. The lowest BCUT2D eigenvalue weighted by molar-refractivity contribution is -0.143. The maximum atomic E-state index is 13.0. The Hall–Kier alpha value is -1.91. The minimum Gasteiger partial charge on any atom is -0.393 e. The normalized spacial score (nSPS) is 26.9.